The average molecular weight is 353 g/mol. The topological polar surface area (TPSA) is 76.0 Å². The molecule has 1 atom stereocenters. The van der Waals surface area contributed by atoms with Crippen molar-refractivity contribution in [1.82, 2.24) is 20.2 Å². The zero-order valence-corrected chi connectivity index (χ0v) is 14.3. The largest absolute Gasteiger partial charge is 0.338 e. The SMILES string of the molecule is CCNC(=O)NC(=O)C(C)Sc1nccn1-c1cccc(Cl)c1. The minimum Gasteiger partial charge on any atom is -0.338 e. The van der Waals surface area contributed by atoms with E-state index in [-0.39, 0.29) is 5.91 Å². The van der Waals surface area contributed by atoms with E-state index in [2.05, 4.69) is 15.6 Å². The molecule has 23 heavy (non-hydrogen) atoms. The van der Waals surface area contributed by atoms with Crippen molar-refractivity contribution in [3.8, 4) is 5.69 Å². The molecule has 6 nitrogen and oxygen atoms in total. The van der Waals surface area contributed by atoms with Gasteiger partial charge in [0.1, 0.15) is 0 Å². The van der Waals surface area contributed by atoms with Crippen molar-refractivity contribution < 1.29 is 9.59 Å². The van der Waals surface area contributed by atoms with Crippen LogP contribution >= 0.6 is 23.4 Å². The summed E-state index contributed by atoms with van der Waals surface area (Å²) in [5.74, 6) is -0.374. The Bertz CT molecular complexity index is 704. The van der Waals surface area contributed by atoms with Gasteiger partial charge in [-0.3, -0.25) is 14.7 Å². The van der Waals surface area contributed by atoms with Gasteiger partial charge >= 0.3 is 6.03 Å². The summed E-state index contributed by atoms with van der Waals surface area (Å²) in [6, 6.07) is 6.85. The highest BCUT2D eigenvalue weighted by Gasteiger charge is 2.19. The van der Waals surface area contributed by atoms with Crippen LogP contribution in [0, 0.1) is 0 Å². The Balaban J connectivity index is 2.08. The number of hydrogen-bond donors (Lipinski definition) is 2. The normalized spacial score (nSPS) is 11.8. The first-order valence-electron chi connectivity index (χ1n) is 7.06. The summed E-state index contributed by atoms with van der Waals surface area (Å²) in [6.07, 6.45) is 3.44. The molecule has 8 heteroatoms. The molecule has 0 saturated heterocycles. The Hall–Kier alpha value is -1.99. The van der Waals surface area contributed by atoms with Gasteiger partial charge in [-0.1, -0.05) is 29.4 Å². The van der Waals surface area contributed by atoms with E-state index >= 15 is 0 Å². The fourth-order valence-electron chi connectivity index (χ4n) is 1.83. The quantitative estimate of drug-likeness (QED) is 0.811. The summed E-state index contributed by atoms with van der Waals surface area (Å²) in [6.45, 7) is 3.96. The van der Waals surface area contributed by atoms with Gasteiger partial charge < -0.3 is 5.32 Å². The zero-order chi connectivity index (χ0) is 16.8. The fraction of sp³-hybridized carbons (Fsp3) is 0.267. The van der Waals surface area contributed by atoms with E-state index in [0.29, 0.717) is 16.7 Å². The first-order valence-corrected chi connectivity index (χ1v) is 8.31. The van der Waals surface area contributed by atoms with Crippen molar-refractivity contribution >= 4 is 35.3 Å². The van der Waals surface area contributed by atoms with Gasteiger partial charge in [0.05, 0.1) is 5.25 Å². The molecule has 0 aliphatic carbocycles. The lowest BCUT2D eigenvalue weighted by molar-refractivity contribution is -0.119. The van der Waals surface area contributed by atoms with Crippen molar-refractivity contribution in [2.45, 2.75) is 24.3 Å². The Morgan fingerprint density at radius 2 is 2.22 bits per heavy atom. The maximum Gasteiger partial charge on any atom is 0.321 e. The van der Waals surface area contributed by atoms with E-state index in [1.807, 2.05) is 22.8 Å². The number of carbonyl (C=O) groups excluding carboxylic acids is 2. The van der Waals surface area contributed by atoms with E-state index in [4.69, 9.17) is 11.6 Å². The third kappa shape index (κ3) is 4.74. The number of rotatable bonds is 5. The van der Waals surface area contributed by atoms with Gasteiger partial charge in [0.15, 0.2) is 5.16 Å². The van der Waals surface area contributed by atoms with Crippen LogP contribution in [0.15, 0.2) is 41.8 Å². The van der Waals surface area contributed by atoms with Crippen LogP contribution in [-0.4, -0.2) is 33.3 Å². The highest BCUT2D eigenvalue weighted by atomic mass is 35.5. The molecule has 0 aliphatic heterocycles. The van der Waals surface area contributed by atoms with Gasteiger partial charge in [0.25, 0.3) is 0 Å². The average Bonchev–Trinajstić information content (AvgIpc) is 2.95. The predicted octanol–water partition coefficient (Wildman–Crippen LogP) is 2.85. The van der Waals surface area contributed by atoms with Crippen LogP contribution in [0.5, 0.6) is 0 Å². The van der Waals surface area contributed by atoms with Crippen LogP contribution in [0.25, 0.3) is 5.69 Å². The highest BCUT2D eigenvalue weighted by molar-refractivity contribution is 8.00. The van der Waals surface area contributed by atoms with Crippen molar-refractivity contribution in [3.05, 3.63) is 41.7 Å². The molecule has 0 fully saturated rings. The number of imide groups is 1. The molecule has 2 N–H and O–H groups in total. The molecule has 0 saturated carbocycles. The molecular formula is C15H17ClN4O2S. The van der Waals surface area contributed by atoms with Crippen LogP contribution in [0.4, 0.5) is 4.79 Å². The number of hydrogen-bond acceptors (Lipinski definition) is 4. The molecule has 0 aliphatic rings. The lowest BCUT2D eigenvalue weighted by Crippen LogP contribution is -2.42. The lowest BCUT2D eigenvalue weighted by atomic mass is 10.3. The number of amides is 3. The summed E-state index contributed by atoms with van der Waals surface area (Å²) in [7, 11) is 0. The van der Waals surface area contributed by atoms with Crippen LogP contribution in [0.2, 0.25) is 5.02 Å². The molecule has 1 aromatic heterocycles. The summed E-state index contributed by atoms with van der Waals surface area (Å²) in [4.78, 5) is 27.7. The monoisotopic (exact) mass is 352 g/mol. The summed E-state index contributed by atoms with van der Waals surface area (Å²) < 4.78 is 1.84. The molecule has 1 aromatic carbocycles. The minimum absolute atomic E-state index is 0.374. The van der Waals surface area contributed by atoms with Crippen LogP contribution < -0.4 is 10.6 Å². The number of benzene rings is 1. The van der Waals surface area contributed by atoms with E-state index < -0.39 is 11.3 Å². The molecule has 1 unspecified atom stereocenters. The van der Waals surface area contributed by atoms with E-state index in [9.17, 15) is 9.59 Å². The molecule has 0 spiro atoms. The fourth-order valence-corrected chi connectivity index (χ4v) is 2.90. The second-order valence-corrected chi connectivity index (χ2v) is 6.41. The van der Waals surface area contributed by atoms with Crippen molar-refractivity contribution in [2.24, 2.45) is 0 Å². The number of aromatic nitrogens is 2. The molecule has 2 aromatic rings. The smallest absolute Gasteiger partial charge is 0.321 e. The first kappa shape index (κ1) is 17.4. The van der Waals surface area contributed by atoms with Crippen molar-refractivity contribution in [3.63, 3.8) is 0 Å². The van der Waals surface area contributed by atoms with Gasteiger partial charge in [-0.05, 0) is 32.0 Å². The number of imidazole rings is 1. The second kappa shape index (κ2) is 8.03. The first-order chi connectivity index (χ1) is 11.0. The van der Waals surface area contributed by atoms with E-state index in [1.165, 1.54) is 11.8 Å². The van der Waals surface area contributed by atoms with Crippen LogP contribution in [0.1, 0.15) is 13.8 Å². The van der Waals surface area contributed by atoms with Gasteiger partial charge in [-0.25, -0.2) is 9.78 Å². The zero-order valence-electron chi connectivity index (χ0n) is 12.7. The summed E-state index contributed by atoms with van der Waals surface area (Å²) in [5.41, 5.74) is 0.855. The Kier molecular flexibility index (Phi) is 6.06. The number of nitrogens with zero attached hydrogens (tertiary/aromatic N) is 2. The Morgan fingerprint density at radius 1 is 1.43 bits per heavy atom. The number of nitrogens with one attached hydrogen (secondary N) is 2. The number of carbonyl (C=O) groups is 2. The molecule has 0 bridgehead atoms. The summed E-state index contributed by atoms with van der Waals surface area (Å²) >= 11 is 7.27. The molecule has 3 amide bonds. The minimum atomic E-state index is -0.497. The second-order valence-electron chi connectivity index (χ2n) is 4.67. The van der Waals surface area contributed by atoms with Crippen molar-refractivity contribution in [1.29, 1.82) is 0 Å². The Morgan fingerprint density at radius 3 is 2.91 bits per heavy atom. The third-order valence-electron chi connectivity index (χ3n) is 2.92. The van der Waals surface area contributed by atoms with Gasteiger partial charge in [0.2, 0.25) is 5.91 Å². The lowest BCUT2D eigenvalue weighted by Gasteiger charge is -2.13. The maximum absolute atomic E-state index is 12.0. The molecular weight excluding hydrogens is 336 g/mol. The number of halogens is 1. The third-order valence-corrected chi connectivity index (χ3v) is 4.23. The Labute approximate surface area is 143 Å². The summed E-state index contributed by atoms with van der Waals surface area (Å²) in [5, 5.41) is 5.60. The highest BCUT2D eigenvalue weighted by Crippen LogP contribution is 2.25. The molecule has 122 valence electrons. The number of urea groups is 1. The predicted molar refractivity (Wildman–Crippen MR) is 91.1 cm³/mol. The van der Waals surface area contributed by atoms with Crippen molar-refractivity contribution in [2.75, 3.05) is 6.54 Å². The van der Waals surface area contributed by atoms with Gasteiger partial charge in [-0.2, -0.15) is 0 Å². The maximum atomic E-state index is 12.0. The van der Waals surface area contributed by atoms with E-state index in [0.717, 1.165) is 5.69 Å². The number of thioether (sulfide) groups is 1. The standard InChI is InChI=1S/C15H17ClN4O2S/c1-3-17-14(22)19-13(21)10(2)23-15-18-7-8-20(15)12-6-4-5-11(16)9-12/h4-10H,3H2,1-2H3,(H2,17,19,21,22). The van der Waals surface area contributed by atoms with Gasteiger partial charge in [0, 0.05) is 29.6 Å². The van der Waals surface area contributed by atoms with E-state index in [1.54, 1.807) is 32.3 Å². The molecule has 1 heterocycles. The van der Waals surface area contributed by atoms with Gasteiger partial charge in [-0.15, -0.1) is 0 Å². The molecule has 0 radical (unpaired) electrons. The van der Waals surface area contributed by atoms with Crippen LogP contribution in [0.3, 0.4) is 0 Å². The molecule has 2 rings (SSSR count). The van der Waals surface area contributed by atoms with Crippen LogP contribution in [-0.2, 0) is 4.79 Å².